The van der Waals surface area contributed by atoms with Crippen LogP contribution in [-0.2, 0) is 11.8 Å². The van der Waals surface area contributed by atoms with Crippen LogP contribution in [0.5, 0.6) is 0 Å². The second-order valence-electron chi connectivity index (χ2n) is 3.46. The fraction of sp³-hybridized carbons (Fsp3) is 0.333. The summed E-state index contributed by atoms with van der Waals surface area (Å²) in [5.41, 5.74) is 1.51. The van der Waals surface area contributed by atoms with Gasteiger partial charge in [0, 0.05) is 14.1 Å². The second-order valence-corrected chi connectivity index (χ2v) is 3.46. The lowest BCUT2D eigenvalue weighted by Gasteiger charge is -2.13. The van der Waals surface area contributed by atoms with E-state index < -0.39 is 5.97 Å². The second kappa shape index (κ2) is 3.76. The van der Waals surface area contributed by atoms with E-state index in [1.165, 1.54) is 4.90 Å². The summed E-state index contributed by atoms with van der Waals surface area (Å²) in [6.07, 6.45) is 3.25. The number of carboxylic acid groups (broad SMARTS) is 1. The monoisotopic (exact) mass is 221 g/mol. The van der Waals surface area contributed by atoms with Crippen LogP contribution in [0, 0.1) is 0 Å². The predicted octanol–water partition coefficient (Wildman–Crippen LogP) is -0.116. The number of carboxylic acids is 1. The van der Waals surface area contributed by atoms with E-state index in [2.05, 4.69) is 15.1 Å². The molecule has 2 heterocycles. The van der Waals surface area contributed by atoms with E-state index in [-0.39, 0.29) is 6.54 Å². The Morgan fingerprint density at radius 2 is 2.31 bits per heavy atom. The molecule has 7 heteroatoms. The molecule has 84 valence electrons. The van der Waals surface area contributed by atoms with E-state index in [0.29, 0.717) is 11.5 Å². The van der Waals surface area contributed by atoms with E-state index in [1.807, 2.05) is 0 Å². The number of hydrogen-bond donors (Lipinski definition) is 1. The molecule has 2 aromatic heterocycles. The number of hydrogen-bond acceptors (Lipinski definition) is 5. The van der Waals surface area contributed by atoms with Crippen LogP contribution in [0.25, 0.3) is 11.0 Å². The van der Waals surface area contributed by atoms with Crippen molar-refractivity contribution in [1.82, 2.24) is 19.7 Å². The Labute approximate surface area is 91.3 Å². The van der Waals surface area contributed by atoms with Crippen molar-refractivity contribution in [2.75, 3.05) is 18.5 Å². The highest BCUT2D eigenvalue weighted by atomic mass is 16.4. The summed E-state index contributed by atoms with van der Waals surface area (Å²) in [5, 5.41) is 12.7. The van der Waals surface area contributed by atoms with Crippen molar-refractivity contribution in [3.63, 3.8) is 0 Å². The summed E-state index contributed by atoms with van der Waals surface area (Å²) in [4.78, 5) is 20.3. The average Bonchev–Trinajstić information content (AvgIpc) is 2.59. The van der Waals surface area contributed by atoms with Crippen LogP contribution in [0.3, 0.4) is 0 Å². The van der Waals surface area contributed by atoms with Gasteiger partial charge in [0.1, 0.15) is 17.6 Å². The highest BCUT2D eigenvalue weighted by molar-refractivity contribution is 5.76. The van der Waals surface area contributed by atoms with Crippen molar-refractivity contribution in [2.24, 2.45) is 7.05 Å². The number of fused-ring (bicyclic) bond motifs is 1. The SMILES string of the molecule is CN(CC(=O)O)c1ncc2c(cnn2C)n1. The van der Waals surface area contributed by atoms with Crippen LogP contribution >= 0.6 is 0 Å². The lowest BCUT2D eigenvalue weighted by atomic mass is 10.4. The molecule has 0 spiro atoms. The number of aryl methyl sites for hydroxylation is 1. The summed E-state index contributed by atoms with van der Waals surface area (Å²) in [5.74, 6) is -0.541. The molecular weight excluding hydrogens is 210 g/mol. The molecule has 0 aliphatic carbocycles. The Bertz CT molecular complexity index is 536. The van der Waals surface area contributed by atoms with E-state index in [9.17, 15) is 4.79 Å². The standard InChI is InChI=1S/C9H11N5O2/c1-13(5-8(15)16)9-10-4-7-6(12-9)3-11-14(7)2/h3-4H,5H2,1-2H3,(H,15,16). The van der Waals surface area contributed by atoms with Gasteiger partial charge in [-0.1, -0.05) is 0 Å². The van der Waals surface area contributed by atoms with Gasteiger partial charge < -0.3 is 10.0 Å². The molecule has 2 aromatic rings. The molecule has 0 saturated heterocycles. The number of aromatic nitrogens is 4. The van der Waals surface area contributed by atoms with Gasteiger partial charge in [-0.05, 0) is 0 Å². The summed E-state index contributed by atoms with van der Waals surface area (Å²) in [6, 6.07) is 0. The number of carbonyl (C=O) groups is 1. The molecule has 0 radical (unpaired) electrons. The molecule has 0 amide bonds. The largest absolute Gasteiger partial charge is 0.480 e. The number of nitrogens with zero attached hydrogens (tertiary/aromatic N) is 5. The minimum Gasteiger partial charge on any atom is -0.480 e. The Balaban J connectivity index is 2.35. The maximum absolute atomic E-state index is 10.5. The Morgan fingerprint density at radius 3 is 3.00 bits per heavy atom. The third-order valence-corrected chi connectivity index (χ3v) is 2.20. The molecule has 7 nitrogen and oxygen atoms in total. The van der Waals surface area contributed by atoms with Crippen molar-refractivity contribution in [3.8, 4) is 0 Å². The lowest BCUT2D eigenvalue weighted by Crippen LogP contribution is -2.26. The topological polar surface area (TPSA) is 84.1 Å². The molecule has 0 unspecified atom stereocenters. The molecule has 0 fully saturated rings. The molecule has 16 heavy (non-hydrogen) atoms. The van der Waals surface area contributed by atoms with Crippen LogP contribution < -0.4 is 4.90 Å². The van der Waals surface area contributed by atoms with Gasteiger partial charge in [0.25, 0.3) is 0 Å². The van der Waals surface area contributed by atoms with E-state index in [1.54, 1.807) is 31.2 Å². The molecular formula is C9H11N5O2. The maximum atomic E-state index is 10.5. The quantitative estimate of drug-likeness (QED) is 0.778. The molecule has 0 aliphatic heterocycles. The van der Waals surface area contributed by atoms with Crippen molar-refractivity contribution < 1.29 is 9.90 Å². The van der Waals surface area contributed by atoms with Crippen LogP contribution in [0.4, 0.5) is 5.95 Å². The number of anilines is 1. The van der Waals surface area contributed by atoms with Crippen molar-refractivity contribution in [3.05, 3.63) is 12.4 Å². The number of aliphatic carboxylic acids is 1. The van der Waals surface area contributed by atoms with Crippen LogP contribution in [-0.4, -0.2) is 44.4 Å². The Kier molecular flexibility index (Phi) is 2.43. The molecule has 2 rings (SSSR count). The smallest absolute Gasteiger partial charge is 0.323 e. The zero-order chi connectivity index (χ0) is 11.7. The zero-order valence-electron chi connectivity index (χ0n) is 8.95. The minimum absolute atomic E-state index is 0.133. The Hall–Kier alpha value is -2.18. The minimum atomic E-state index is -0.919. The van der Waals surface area contributed by atoms with E-state index >= 15 is 0 Å². The molecule has 0 saturated carbocycles. The van der Waals surface area contributed by atoms with Gasteiger partial charge in [0.05, 0.1) is 12.4 Å². The highest BCUT2D eigenvalue weighted by Gasteiger charge is 2.10. The first-order valence-corrected chi connectivity index (χ1v) is 4.65. The van der Waals surface area contributed by atoms with Crippen molar-refractivity contribution in [1.29, 1.82) is 0 Å². The molecule has 0 bridgehead atoms. The van der Waals surface area contributed by atoms with Gasteiger partial charge in [0.15, 0.2) is 0 Å². The van der Waals surface area contributed by atoms with Gasteiger partial charge in [0.2, 0.25) is 5.95 Å². The van der Waals surface area contributed by atoms with Crippen molar-refractivity contribution >= 4 is 23.0 Å². The van der Waals surface area contributed by atoms with Gasteiger partial charge >= 0.3 is 5.97 Å². The highest BCUT2D eigenvalue weighted by Crippen LogP contribution is 2.12. The fourth-order valence-electron chi connectivity index (χ4n) is 1.38. The van der Waals surface area contributed by atoms with Crippen LogP contribution in [0.1, 0.15) is 0 Å². The molecule has 0 aromatic carbocycles. The van der Waals surface area contributed by atoms with Gasteiger partial charge in [-0.2, -0.15) is 5.10 Å². The van der Waals surface area contributed by atoms with Gasteiger partial charge in [-0.15, -0.1) is 0 Å². The van der Waals surface area contributed by atoms with E-state index in [4.69, 9.17) is 5.11 Å². The first-order valence-electron chi connectivity index (χ1n) is 4.65. The average molecular weight is 221 g/mol. The van der Waals surface area contributed by atoms with E-state index in [0.717, 1.165) is 5.52 Å². The van der Waals surface area contributed by atoms with Gasteiger partial charge in [-0.25, -0.2) is 9.97 Å². The summed E-state index contributed by atoms with van der Waals surface area (Å²) in [7, 11) is 3.43. The summed E-state index contributed by atoms with van der Waals surface area (Å²) in [6.45, 7) is -0.133. The van der Waals surface area contributed by atoms with Crippen molar-refractivity contribution in [2.45, 2.75) is 0 Å². The first-order chi connectivity index (χ1) is 7.58. The summed E-state index contributed by atoms with van der Waals surface area (Å²) < 4.78 is 1.66. The summed E-state index contributed by atoms with van der Waals surface area (Å²) >= 11 is 0. The van der Waals surface area contributed by atoms with Crippen LogP contribution in [0.2, 0.25) is 0 Å². The maximum Gasteiger partial charge on any atom is 0.323 e. The van der Waals surface area contributed by atoms with Gasteiger partial charge in [-0.3, -0.25) is 9.48 Å². The third kappa shape index (κ3) is 1.79. The zero-order valence-corrected chi connectivity index (χ0v) is 8.95. The first kappa shape index (κ1) is 10.3. The lowest BCUT2D eigenvalue weighted by molar-refractivity contribution is -0.135. The number of rotatable bonds is 3. The normalized spacial score (nSPS) is 10.6. The Morgan fingerprint density at radius 1 is 1.56 bits per heavy atom. The molecule has 0 atom stereocenters. The number of likely N-dealkylation sites (N-methyl/N-ethyl adjacent to an activating group) is 1. The predicted molar refractivity (Wildman–Crippen MR) is 57.2 cm³/mol. The van der Waals surface area contributed by atoms with Crippen LogP contribution in [0.15, 0.2) is 12.4 Å². The fourth-order valence-corrected chi connectivity index (χ4v) is 1.38. The molecule has 0 aliphatic rings. The third-order valence-electron chi connectivity index (χ3n) is 2.20. The molecule has 1 N–H and O–H groups in total.